The Kier molecular flexibility index (Phi) is 8.14. The van der Waals surface area contributed by atoms with E-state index >= 15 is 0 Å². The third-order valence-electron chi connectivity index (χ3n) is 5.14. The monoisotopic (exact) mass is 586 g/mol. The van der Waals surface area contributed by atoms with Crippen LogP contribution in [0.15, 0.2) is 88.3 Å². The summed E-state index contributed by atoms with van der Waals surface area (Å²) in [5.74, 6) is -0.278. The number of nitrogens with one attached hydrogen (secondary N) is 1. The van der Waals surface area contributed by atoms with E-state index in [1.807, 2.05) is 36.4 Å². The summed E-state index contributed by atoms with van der Waals surface area (Å²) in [5, 5.41) is 14.7. The van der Waals surface area contributed by atoms with Gasteiger partial charge >= 0.3 is 0 Å². The number of phenolic OH excluding ortho intramolecular Hbond substituents is 1. The summed E-state index contributed by atoms with van der Waals surface area (Å²) in [6.07, 6.45) is 2.18. The summed E-state index contributed by atoms with van der Waals surface area (Å²) in [5.41, 5.74) is 3.95. The maximum Gasteiger partial charge on any atom is 0.257 e. The van der Waals surface area contributed by atoms with Crippen molar-refractivity contribution in [2.75, 3.05) is 5.32 Å². The lowest BCUT2D eigenvalue weighted by molar-refractivity contribution is 0.102. The molecule has 4 rings (SSSR count). The van der Waals surface area contributed by atoms with Crippen LogP contribution >= 0.6 is 50.7 Å². The van der Waals surface area contributed by atoms with E-state index in [-0.39, 0.29) is 16.7 Å². The molecular formula is C27H18BrCl3N2O2. The number of hydrogen-bond donors (Lipinski definition) is 2. The lowest BCUT2D eigenvalue weighted by Gasteiger charge is -2.09. The van der Waals surface area contributed by atoms with Crippen LogP contribution in [0.3, 0.4) is 0 Å². The molecule has 4 aromatic carbocycles. The second-order valence-electron chi connectivity index (χ2n) is 7.67. The van der Waals surface area contributed by atoms with Crippen LogP contribution in [0.25, 0.3) is 0 Å². The number of aromatic hydroxyl groups is 1. The molecule has 0 saturated carbocycles. The van der Waals surface area contributed by atoms with Gasteiger partial charge in [-0.15, -0.1) is 0 Å². The molecule has 4 aromatic rings. The predicted molar refractivity (Wildman–Crippen MR) is 148 cm³/mol. The first-order chi connectivity index (χ1) is 16.8. The zero-order valence-corrected chi connectivity index (χ0v) is 22.0. The topological polar surface area (TPSA) is 61.7 Å². The maximum atomic E-state index is 12.6. The average Bonchev–Trinajstić information content (AvgIpc) is 2.82. The van der Waals surface area contributed by atoms with Gasteiger partial charge < -0.3 is 10.4 Å². The highest BCUT2D eigenvalue weighted by atomic mass is 79.9. The standard InChI is InChI=1S/C27H18BrCl3N2O2/c28-23-12-16(10-17-4-1-2-7-24(17)30)11-18(26(23)34)15-32-20-5-3-6-21(14-20)33-27(35)22-9-8-19(29)13-25(22)31/h1-9,11-15,34H,10H2,(H,33,35). The Morgan fingerprint density at radius 1 is 0.943 bits per heavy atom. The van der Waals surface area contributed by atoms with Gasteiger partial charge in [-0.25, -0.2) is 0 Å². The summed E-state index contributed by atoms with van der Waals surface area (Å²) in [7, 11) is 0. The number of rotatable bonds is 6. The van der Waals surface area contributed by atoms with Crippen molar-refractivity contribution < 1.29 is 9.90 Å². The van der Waals surface area contributed by atoms with Crippen molar-refractivity contribution >= 4 is 74.2 Å². The molecule has 0 unspecified atom stereocenters. The Balaban J connectivity index is 1.54. The predicted octanol–water partition coefficient (Wildman–Crippen LogP) is 8.71. The number of phenols is 1. The van der Waals surface area contributed by atoms with Gasteiger partial charge in [0.1, 0.15) is 5.75 Å². The minimum Gasteiger partial charge on any atom is -0.506 e. The maximum absolute atomic E-state index is 12.6. The Morgan fingerprint density at radius 3 is 2.51 bits per heavy atom. The molecule has 0 aliphatic rings. The van der Waals surface area contributed by atoms with E-state index in [1.54, 1.807) is 42.6 Å². The fourth-order valence-electron chi connectivity index (χ4n) is 3.42. The third-order valence-corrected chi connectivity index (χ3v) is 6.66. The Bertz CT molecular complexity index is 1440. The molecule has 0 aliphatic carbocycles. The number of halogens is 4. The largest absolute Gasteiger partial charge is 0.506 e. The average molecular weight is 589 g/mol. The van der Waals surface area contributed by atoms with Gasteiger partial charge in [-0.3, -0.25) is 9.79 Å². The molecule has 0 fully saturated rings. The zero-order chi connectivity index (χ0) is 24.9. The summed E-state index contributed by atoms with van der Waals surface area (Å²) < 4.78 is 0.560. The molecule has 0 bridgehead atoms. The molecular weight excluding hydrogens is 571 g/mol. The molecule has 0 heterocycles. The molecule has 0 aromatic heterocycles. The van der Waals surface area contributed by atoms with Gasteiger partial charge in [0.25, 0.3) is 5.91 Å². The van der Waals surface area contributed by atoms with Crippen LogP contribution in [0.2, 0.25) is 15.1 Å². The quantitative estimate of drug-likeness (QED) is 0.221. The number of carbonyl (C=O) groups excluding carboxylic acids is 1. The Morgan fingerprint density at radius 2 is 1.74 bits per heavy atom. The van der Waals surface area contributed by atoms with E-state index in [0.717, 1.165) is 11.1 Å². The minimum absolute atomic E-state index is 0.0819. The summed E-state index contributed by atoms with van der Waals surface area (Å²) in [6, 6.07) is 23.1. The number of benzene rings is 4. The number of hydrogen-bond acceptors (Lipinski definition) is 3. The van der Waals surface area contributed by atoms with Crippen LogP contribution in [-0.2, 0) is 6.42 Å². The lowest BCUT2D eigenvalue weighted by Crippen LogP contribution is -2.12. The van der Waals surface area contributed by atoms with E-state index in [0.29, 0.717) is 43.4 Å². The molecule has 0 spiro atoms. The second-order valence-corrected chi connectivity index (χ2v) is 9.78. The molecule has 0 atom stereocenters. The van der Waals surface area contributed by atoms with Gasteiger partial charge in [-0.05, 0) is 88.1 Å². The molecule has 1 amide bonds. The smallest absolute Gasteiger partial charge is 0.257 e. The van der Waals surface area contributed by atoms with Crippen molar-refractivity contribution in [3.05, 3.63) is 121 Å². The van der Waals surface area contributed by atoms with Crippen molar-refractivity contribution in [2.45, 2.75) is 6.42 Å². The van der Waals surface area contributed by atoms with Crippen LogP contribution in [0.1, 0.15) is 27.0 Å². The number of anilines is 1. The van der Waals surface area contributed by atoms with Gasteiger partial charge in [0, 0.05) is 27.5 Å². The first-order valence-electron chi connectivity index (χ1n) is 10.5. The zero-order valence-electron chi connectivity index (χ0n) is 18.1. The Labute approximate surface area is 226 Å². The molecule has 0 aliphatic heterocycles. The summed E-state index contributed by atoms with van der Waals surface area (Å²) >= 11 is 21.8. The number of nitrogens with zero attached hydrogens (tertiary/aromatic N) is 1. The minimum atomic E-state index is -0.360. The highest BCUT2D eigenvalue weighted by Crippen LogP contribution is 2.31. The van der Waals surface area contributed by atoms with Gasteiger partial charge in [0.15, 0.2) is 0 Å². The van der Waals surface area contributed by atoms with Gasteiger partial charge in [-0.1, -0.05) is 59.1 Å². The highest BCUT2D eigenvalue weighted by molar-refractivity contribution is 9.10. The van der Waals surface area contributed by atoms with Gasteiger partial charge in [0.05, 0.1) is 20.7 Å². The summed E-state index contributed by atoms with van der Waals surface area (Å²) in [6.45, 7) is 0. The van der Waals surface area contributed by atoms with E-state index in [9.17, 15) is 9.90 Å². The molecule has 176 valence electrons. The fraction of sp³-hybridized carbons (Fsp3) is 0.0370. The molecule has 0 radical (unpaired) electrons. The Hall–Kier alpha value is -2.83. The van der Waals surface area contributed by atoms with Gasteiger partial charge in [0.2, 0.25) is 0 Å². The van der Waals surface area contributed by atoms with Gasteiger partial charge in [-0.2, -0.15) is 0 Å². The van der Waals surface area contributed by atoms with Crippen LogP contribution < -0.4 is 5.32 Å². The van der Waals surface area contributed by atoms with E-state index in [1.165, 1.54) is 6.07 Å². The third kappa shape index (κ3) is 6.44. The van der Waals surface area contributed by atoms with Crippen LogP contribution in [0.5, 0.6) is 5.75 Å². The molecule has 0 saturated heterocycles. The van der Waals surface area contributed by atoms with E-state index in [4.69, 9.17) is 34.8 Å². The SMILES string of the molecule is O=C(Nc1cccc(N=Cc2cc(Cc3ccccc3Cl)cc(Br)c2O)c1)c1ccc(Cl)cc1Cl. The molecule has 8 heteroatoms. The van der Waals surface area contributed by atoms with Crippen molar-refractivity contribution in [2.24, 2.45) is 4.99 Å². The molecule has 4 nitrogen and oxygen atoms in total. The van der Waals surface area contributed by atoms with Crippen LogP contribution in [0.4, 0.5) is 11.4 Å². The molecule has 2 N–H and O–H groups in total. The number of amides is 1. The first kappa shape index (κ1) is 25.3. The van der Waals surface area contributed by atoms with Crippen molar-refractivity contribution in [3.63, 3.8) is 0 Å². The molecule has 35 heavy (non-hydrogen) atoms. The number of carbonyl (C=O) groups is 1. The van der Waals surface area contributed by atoms with Crippen LogP contribution in [0, 0.1) is 0 Å². The van der Waals surface area contributed by atoms with Crippen LogP contribution in [-0.4, -0.2) is 17.2 Å². The van der Waals surface area contributed by atoms with E-state index < -0.39 is 0 Å². The lowest BCUT2D eigenvalue weighted by atomic mass is 10.0. The summed E-state index contributed by atoms with van der Waals surface area (Å²) in [4.78, 5) is 17.1. The first-order valence-corrected chi connectivity index (χ1v) is 12.4. The number of aliphatic imine (C=N–C) groups is 1. The van der Waals surface area contributed by atoms with Crippen molar-refractivity contribution in [1.82, 2.24) is 0 Å². The van der Waals surface area contributed by atoms with E-state index in [2.05, 4.69) is 26.2 Å². The highest BCUT2D eigenvalue weighted by Gasteiger charge is 2.12. The normalized spacial score (nSPS) is 11.1. The van der Waals surface area contributed by atoms with Crippen molar-refractivity contribution in [1.29, 1.82) is 0 Å². The van der Waals surface area contributed by atoms with Crippen molar-refractivity contribution in [3.8, 4) is 5.75 Å². The fourth-order valence-corrected chi connectivity index (χ4v) is 4.64. The second kappa shape index (κ2) is 11.3.